The summed E-state index contributed by atoms with van der Waals surface area (Å²) >= 11 is 0. The van der Waals surface area contributed by atoms with Crippen LogP contribution in [0.4, 0.5) is 5.69 Å². The molecule has 7 heteroatoms. The summed E-state index contributed by atoms with van der Waals surface area (Å²) in [6.45, 7) is 3.70. The van der Waals surface area contributed by atoms with Gasteiger partial charge in [0, 0.05) is 36.5 Å². The lowest BCUT2D eigenvalue weighted by atomic mass is 9.86. The molecule has 27 heavy (non-hydrogen) atoms. The number of hydrogen-bond acceptors (Lipinski definition) is 6. The minimum Gasteiger partial charge on any atom is -0.339 e. The van der Waals surface area contributed by atoms with Crippen LogP contribution in [-0.4, -0.2) is 21.0 Å². The van der Waals surface area contributed by atoms with Crippen LogP contribution >= 0.6 is 0 Å². The van der Waals surface area contributed by atoms with E-state index in [4.69, 9.17) is 4.52 Å². The smallest absolute Gasteiger partial charge is 0.227 e. The number of hydrogen-bond donors (Lipinski definition) is 1. The zero-order chi connectivity index (χ0) is 19.3. The van der Waals surface area contributed by atoms with Crippen LogP contribution in [0.1, 0.15) is 31.7 Å². The van der Waals surface area contributed by atoms with E-state index in [1.807, 2.05) is 26.0 Å². The molecule has 2 heterocycles. The first-order valence-corrected chi connectivity index (χ1v) is 8.52. The molecule has 1 amide bonds. The third kappa shape index (κ3) is 4.55. The summed E-state index contributed by atoms with van der Waals surface area (Å²) in [5.74, 6) is 0.734. The Balaban J connectivity index is 1.55. The molecule has 0 aliphatic rings. The van der Waals surface area contributed by atoms with Crippen LogP contribution in [0.3, 0.4) is 0 Å². The average molecular weight is 361 g/mol. The molecular weight excluding hydrogens is 342 g/mol. The predicted octanol–water partition coefficient (Wildman–Crippen LogP) is 3.50. The Labute approximate surface area is 157 Å². The van der Waals surface area contributed by atoms with Crippen molar-refractivity contribution in [3.63, 3.8) is 0 Å². The Bertz CT molecular complexity index is 956. The van der Waals surface area contributed by atoms with Gasteiger partial charge in [0.15, 0.2) is 0 Å². The van der Waals surface area contributed by atoms with E-state index in [0.29, 0.717) is 23.8 Å². The summed E-state index contributed by atoms with van der Waals surface area (Å²) in [6.07, 6.45) is 3.89. The number of carbonyl (C=O) groups is 1. The van der Waals surface area contributed by atoms with Gasteiger partial charge in [-0.2, -0.15) is 10.2 Å². The monoisotopic (exact) mass is 361 g/mol. The maximum absolute atomic E-state index is 12.1. The molecule has 0 fully saturated rings. The van der Waals surface area contributed by atoms with Crippen LogP contribution < -0.4 is 5.32 Å². The van der Waals surface area contributed by atoms with E-state index in [1.165, 1.54) is 0 Å². The van der Waals surface area contributed by atoms with E-state index in [-0.39, 0.29) is 12.3 Å². The number of nitrogens with one attached hydrogen (secondary N) is 1. The topological polar surface area (TPSA) is 105 Å². The zero-order valence-corrected chi connectivity index (χ0v) is 15.1. The second-order valence-corrected chi connectivity index (χ2v) is 6.61. The quantitative estimate of drug-likeness (QED) is 0.720. The molecule has 7 nitrogen and oxygen atoms in total. The molecule has 0 unspecified atom stereocenters. The van der Waals surface area contributed by atoms with Crippen LogP contribution in [0.2, 0.25) is 0 Å². The molecule has 0 atom stereocenters. The molecule has 1 aromatic carbocycles. The third-order valence-electron chi connectivity index (χ3n) is 4.14. The molecule has 3 aromatic rings. The first-order valence-electron chi connectivity index (χ1n) is 8.52. The molecule has 0 bridgehead atoms. The molecule has 3 rings (SSSR count). The normalized spacial score (nSPS) is 11.0. The Hall–Kier alpha value is -3.53. The van der Waals surface area contributed by atoms with Crippen molar-refractivity contribution in [2.24, 2.45) is 0 Å². The molecule has 1 N–H and O–H groups in total. The van der Waals surface area contributed by atoms with E-state index in [2.05, 4.69) is 26.5 Å². The second-order valence-electron chi connectivity index (χ2n) is 6.61. The largest absolute Gasteiger partial charge is 0.339 e. The van der Waals surface area contributed by atoms with Crippen molar-refractivity contribution in [1.82, 2.24) is 15.1 Å². The summed E-state index contributed by atoms with van der Waals surface area (Å²) in [5, 5.41) is 15.9. The van der Waals surface area contributed by atoms with Gasteiger partial charge >= 0.3 is 0 Å². The van der Waals surface area contributed by atoms with Crippen molar-refractivity contribution in [2.45, 2.75) is 32.1 Å². The van der Waals surface area contributed by atoms with Gasteiger partial charge in [0.25, 0.3) is 0 Å². The minimum atomic E-state index is -0.562. The molecule has 0 saturated carbocycles. The van der Waals surface area contributed by atoms with Crippen molar-refractivity contribution in [3.8, 4) is 17.5 Å². The van der Waals surface area contributed by atoms with Crippen molar-refractivity contribution >= 4 is 11.6 Å². The maximum atomic E-state index is 12.1. The second kappa shape index (κ2) is 7.79. The highest BCUT2D eigenvalue weighted by Gasteiger charge is 2.19. The fourth-order valence-electron chi connectivity index (χ4n) is 2.45. The lowest BCUT2D eigenvalue weighted by molar-refractivity contribution is -0.116. The number of rotatable bonds is 6. The molecular formula is C20H19N5O2. The maximum Gasteiger partial charge on any atom is 0.227 e. The van der Waals surface area contributed by atoms with Crippen LogP contribution in [0.15, 0.2) is 53.3 Å². The molecule has 0 saturated heterocycles. The van der Waals surface area contributed by atoms with Crippen LogP contribution in [-0.2, 0) is 16.6 Å². The van der Waals surface area contributed by atoms with Crippen molar-refractivity contribution in [3.05, 3.63) is 60.2 Å². The van der Waals surface area contributed by atoms with E-state index < -0.39 is 5.41 Å². The highest BCUT2D eigenvalue weighted by molar-refractivity contribution is 5.90. The summed E-state index contributed by atoms with van der Waals surface area (Å²) in [7, 11) is 0. The van der Waals surface area contributed by atoms with Crippen LogP contribution in [0, 0.1) is 11.3 Å². The number of amides is 1. The number of carbonyl (C=O) groups excluding carboxylic acids is 1. The summed E-state index contributed by atoms with van der Waals surface area (Å²) in [6, 6.07) is 13.1. The highest BCUT2D eigenvalue weighted by atomic mass is 16.5. The lowest BCUT2D eigenvalue weighted by Gasteiger charge is -2.16. The molecule has 0 spiro atoms. The number of aryl methyl sites for hydroxylation is 1. The molecule has 0 radical (unpaired) electrons. The van der Waals surface area contributed by atoms with Crippen LogP contribution in [0.5, 0.6) is 0 Å². The number of anilines is 1. The summed E-state index contributed by atoms with van der Waals surface area (Å²) < 4.78 is 5.19. The lowest BCUT2D eigenvalue weighted by Crippen LogP contribution is -2.15. The van der Waals surface area contributed by atoms with Gasteiger partial charge in [-0.05, 0) is 43.7 Å². The van der Waals surface area contributed by atoms with Gasteiger partial charge in [0.2, 0.25) is 17.6 Å². The van der Waals surface area contributed by atoms with Gasteiger partial charge in [0.1, 0.15) is 0 Å². The molecule has 2 aromatic heterocycles. The van der Waals surface area contributed by atoms with Gasteiger partial charge in [-0.3, -0.25) is 9.78 Å². The molecule has 0 aliphatic carbocycles. The standard InChI is InChI=1S/C20H19N5O2/c1-20(2,13-21)15-3-5-16(6-4-15)23-17(26)7-8-18-24-19(25-27-18)14-9-11-22-12-10-14/h3-6,9-12H,7-8H2,1-2H3,(H,23,26). The summed E-state index contributed by atoms with van der Waals surface area (Å²) in [5.41, 5.74) is 1.83. The fraction of sp³-hybridized carbons (Fsp3) is 0.250. The number of benzene rings is 1. The first-order chi connectivity index (χ1) is 13.0. The Kier molecular flexibility index (Phi) is 5.27. The van der Waals surface area contributed by atoms with Gasteiger partial charge in [-0.15, -0.1) is 0 Å². The number of nitriles is 1. The van der Waals surface area contributed by atoms with Gasteiger partial charge in [0.05, 0.1) is 11.5 Å². The third-order valence-corrected chi connectivity index (χ3v) is 4.14. The zero-order valence-electron chi connectivity index (χ0n) is 15.1. The number of pyridine rings is 1. The summed E-state index contributed by atoms with van der Waals surface area (Å²) in [4.78, 5) is 20.4. The van der Waals surface area contributed by atoms with E-state index in [9.17, 15) is 10.1 Å². The Morgan fingerprint density at radius 2 is 1.89 bits per heavy atom. The van der Waals surface area contributed by atoms with E-state index in [0.717, 1.165) is 11.1 Å². The SMILES string of the molecule is CC(C)(C#N)c1ccc(NC(=O)CCc2nc(-c3ccncc3)no2)cc1. The minimum absolute atomic E-state index is 0.147. The number of nitrogens with zero attached hydrogens (tertiary/aromatic N) is 4. The van der Waals surface area contributed by atoms with Crippen LogP contribution in [0.25, 0.3) is 11.4 Å². The van der Waals surface area contributed by atoms with Crippen molar-refractivity contribution in [1.29, 1.82) is 5.26 Å². The molecule has 0 aliphatic heterocycles. The fourth-order valence-corrected chi connectivity index (χ4v) is 2.45. The first kappa shape index (κ1) is 18.3. The van der Waals surface area contributed by atoms with Crippen molar-refractivity contribution in [2.75, 3.05) is 5.32 Å². The van der Waals surface area contributed by atoms with E-state index in [1.54, 1.807) is 36.7 Å². The van der Waals surface area contributed by atoms with Gasteiger partial charge < -0.3 is 9.84 Å². The van der Waals surface area contributed by atoms with Crippen molar-refractivity contribution < 1.29 is 9.32 Å². The predicted molar refractivity (Wildman–Crippen MR) is 99.6 cm³/mol. The Morgan fingerprint density at radius 3 is 2.56 bits per heavy atom. The number of aromatic nitrogens is 3. The highest BCUT2D eigenvalue weighted by Crippen LogP contribution is 2.23. The Morgan fingerprint density at radius 1 is 1.19 bits per heavy atom. The average Bonchev–Trinajstić information content (AvgIpc) is 3.17. The molecule has 136 valence electrons. The van der Waals surface area contributed by atoms with E-state index >= 15 is 0 Å². The van der Waals surface area contributed by atoms with Gasteiger partial charge in [-0.25, -0.2) is 0 Å². The van der Waals surface area contributed by atoms with Gasteiger partial charge in [-0.1, -0.05) is 17.3 Å².